The first-order valence-corrected chi connectivity index (χ1v) is 8.36. The van der Waals surface area contributed by atoms with E-state index in [0.29, 0.717) is 5.41 Å². The van der Waals surface area contributed by atoms with Gasteiger partial charge < -0.3 is 4.42 Å². The van der Waals surface area contributed by atoms with E-state index in [1.807, 2.05) is 6.26 Å². The van der Waals surface area contributed by atoms with E-state index < -0.39 is 0 Å². The van der Waals surface area contributed by atoms with Crippen LogP contribution in [0, 0.1) is 11.3 Å². The van der Waals surface area contributed by atoms with E-state index in [-0.39, 0.29) is 0 Å². The lowest BCUT2D eigenvalue weighted by Crippen LogP contribution is -2.24. The van der Waals surface area contributed by atoms with Crippen LogP contribution in [0.2, 0.25) is 0 Å². The minimum Gasteiger partial charge on any atom is -0.472 e. The van der Waals surface area contributed by atoms with Gasteiger partial charge in [-0.25, -0.2) is 0 Å². The Morgan fingerprint density at radius 2 is 2.24 bits per heavy atom. The van der Waals surface area contributed by atoms with E-state index >= 15 is 0 Å². The van der Waals surface area contributed by atoms with Gasteiger partial charge in [-0.3, -0.25) is 0 Å². The molecule has 21 heavy (non-hydrogen) atoms. The Bertz CT molecular complexity index is 488. The third-order valence-electron chi connectivity index (χ3n) is 4.90. The highest BCUT2D eigenvalue weighted by Gasteiger charge is 2.30. The van der Waals surface area contributed by atoms with Gasteiger partial charge in [0.05, 0.1) is 12.5 Å². The normalized spacial score (nSPS) is 24.5. The van der Waals surface area contributed by atoms with Gasteiger partial charge in [0, 0.05) is 0 Å². The Morgan fingerprint density at radius 1 is 1.43 bits per heavy atom. The van der Waals surface area contributed by atoms with Gasteiger partial charge in [0.1, 0.15) is 0 Å². The molecule has 0 N–H and O–H groups in total. The number of hydrogen-bond acceptors (Lipinski definition) is 1. The van der Waals surface area contributed by atoms with Crippen LogP contribution in [0.25, 0.3) is 0 Å². The monoisotopic (exact) mass is 286 g/mol. The maximum Gasteiger partial charge on any atom is 0.0934 e. The zero-order chi connectivity index (χ0) is 15.3. The van der Waals surface area contributed by atoms with Gasteiger partial charge in [-0.05, 0) is 62.0 Å². The lowest BCUT2D eigenvalue weighted by Gasteiger charge is -2.37. The van der Waals surface area contributed by atoms with Crippen molar-refractivity contribution in [2.24, 2.45) is 11.3 Å². The molecule has 116 valence electrons. The fraction of sp³-hybridized carbons (Fsp3) is 0.600. The van der Waals surface area contributed by atoms with Crippen LogP contribution in [0.3, 0.4) is 0 Å². The molecule has 1 aliphatic carbocycles. The molecule has 1 aliphatic rings. The van der Waals surface area contributed by atoms with Gasteiger partial charge in [-0.2, -0.15) is 0 Å². The van der Waals surface area contributed by atoms with Gasteiger partial charge >= 0.3 is 0 Å². The standard InChI is InChI=1S/C20H30O/c1-16(7-5-9-18-12-14-21-15-18)10-11-19-17(2)8-6-13-20(19,3)4/h7,11-12,14-15,17H,5-6,8-10,13H2,1-4H3/t17-/m1/s1. The highest BCUT2D eigenvalue weighted by atomic mass is 16.3. The Morgan fingerprint density at radius 3 is 2.90 bits per heavy atom. The molecule has 0 bridgehead atoms. The molecule has 1 atom stereocenters. The van der Waals surface area contributed by atoms with Crippen molar-refractivity contribution in [3.63, 3.8) is 0 Å². The van der Waals surface area contributed by atoms with Crippen molar-refractivity contribution < 1.29 is 4.42 Å². The maximum atomic E-state index is 5.10. The first kappa shape index (κ1) is 16.1. The molecule has 2 rings (SSSR count). The van der Waals surface area contributed by atoms with Gasteiger partial charge in [-0.1, -0.05) is 50.5 Å². The number of allylic oxidation sites excluding steroid dienone is 4. The Labute approximate surface area is 130 Å². The first-order valence-electron chi connectivity index (χ1n) is 8.36. The third-order valence-corrected chi connectivity index (χ3v) is 4.90. The fourth-order valence-corrected chi connectivity index (χ4v) is 3.57. The summed E-state index contributed by atoms with van der Waals surface area (Å²) >= 11 is 0. The van der Waals surface area contributed by atoms with Gasteiger partial charge in [-0.15, -0.1) is 0 Å². The average molecular weight is 286 g/mol. The average Bonchev–Trinajstić information content (AvgIpc) is 2.90. The zero-order valence-corrected chi connectivity index (χ0v) is 14.1. The summed E-state index contributed by atoms with van der Waals surface area (Å²) in [6.45, 7) is 9.47. The molecule has 0 amide bonds. The van der Waals surface area contributed by atoms with Crippen molar-refractivity contribution in [2.75, 3.05) is 0 Å². The van der Waals surface area contributed by atoms with E-state index in [4.69, 9.17) is 4.42 Å². The zero-order valence-electron chi connectivity index (χ0n) is 14.1. The lowest BCUT2D eigenvalue weighted by molar-refractivity contribution is 0.288. The van der Waals surface area contributed by atoms with E-state index in [9.17, 15) is 0 Å². The quantitative estimate of drug-likeness (QED) is 0.577. The van der Waals surface area contributed by atoms with E-state index in [0.717, 1.165) is 25.2 Å². The number of furan rings is 1. The fourth-order valence-electron chi connectivity index (χ4n) is 3.57. The second-order valence-corrected chi connectivity index (χ2v) is 7.26. The van der Waals surface area contributed by atoms with Crippen LogP contribution < -0.4 is 0 Å². The van der Waals surface area contributed by atoms with Crippen LogP contribution in [-0.4, -0.2) is 0 Å². The molecule has 1 heterocycles. The van der Waals surface area contributed by atoms with Crippen molar-refractivity contribution >= 4 is 0 Å². The summed E-state index contributed by atoms with van der Waals surface area (Å²) in [5, 5.41) is 0. The second kappa shape index (κ2) is 7.15. The van der Waals surface area contributed by atoms with Crippen LogP contribution >= 0.6 is 0 Å². The second-order valence-electron chi connectivity index (χ2n) is 7.26. The lowest BCUT2D eigenvalue weighted by atomic mass is 9.68. The minimum atomic E-state index is 0.398. The van der Waals surface area contributed by atoms with E-state index in [2.05, 4.69) is 45.9 Å². The molecular formula is C20H30O. The summed E-state index contributed by atoms with van der Waals surface area (Å²) in [4.78, 5) is 0. The van der Waals surface area contributed by atoms with Crippen LogP contribution in [0.15, 0.2) is 46.3 Å². The summed E-state index contributed by atoms with van der Waals surface area (Å²) < 4.78 is 5.10. The molecule has 1 fully saturated rings. The SMILES string of the molecule is CC(=CCCc1ccoc1)CC=C1[C@H](C)CCCC1(C)C. The summed E-state index contributed by atoms with van der Waals surface area (Å²) in [6.07, 6.45) is 15.8. The summed E-state index contributed by atoms with van der Waals surface area (Å²) in [5.74, 6) is 0.757. The number of hydrogen-bond donors (Lipinski definition) is 0. The highest BCUT2D eigenvalue weighted by Crippen LogP contribution is 2.43. The smallest absolute Gasteiger partial charge is 0.0934 e. The van der Waals surface area contributed by atoms with Crippen LogP contribution in [0.1, 0.15) is 65.4 Å². The molecular weight excluding hydrogens is 256 g/mol. The summed E-state index contributed by atoms with van der Waals surface area (Å²) in [7, 11) is 0. The molecule has 0 saturated heterocycles. The summed E-state index contributed by atoms with van der Waals surface area (Å²) in [6, 6.07) is 2.05. The predicted octanol–water partition coefficient (Wildman–Crippen LogP) is 6.32. The molecule has 1 nitrogen and oxygen atoms in total. The van der Waals surface area contributed by atoms with Gasteiger partial charge in [0.25, 0.3) is 0 Å². The molecule has 0 aliphatic heterocycles. The van der Waals surface area contributed by atoms with Crippen LogP contribution in [0.4, 0.5) is 0 Å². The van der Waals surface area contributed by atoms with Crippen molar-refractivity contribution in [3.05, 3.63) is 47.5 Å². The Kier molecular flexibility index (Phi) is 5.50. The van der Waals surface area contributed by atoms with Gasteiger partial charge in [0.15, 0.2) is 0 Å². The van der Waals surface area contributed by atoms with Crippen molar-refractivity contribution in [2.45, 2.75) is 66.2 Å². The van der Waals surface area contributed by atoms with Gasteiger partial charge in [0.2, 0.25) is 0 Å². The predicted molar refractivity (Wildman–Crippen MR) is 90.3 cm³/mol. The maximum absolute atomic E-state index is 5.10. The molecule has 1 heteroatoms. The summed E-state index contributed by atoms with van der Waals surface area (Å²) in [5.41, 5.74) is 4.85. The molecule has 0 unspecified atom stereocenters. The topological polar surface area (TPSA) is 13.1 Å². The van der Waals surface area contributed by atoms with Crippen molar-refractivity contribution in [1.82, 2.24) is 0 Å². The number of aryl methyl sites for hydroxylation is 1. The molecule has 1 aromatic rings. The first-order chi connectivity index (χ1) is 9.99. The third kappa shape index (κ3) is 4.62. The van der Waals surface area contributed by atoms with Crippen LogP contribution in [0.5, 0.6) is 0 Å². The Hall–Kier alpha value is -1.24. The van der Waals surface area contributed by atoms with Crippen molar-refractivity contribution in [1.29, 1.82) is 0 Å². The molecule has 0 aromatic carbocycles. The number of rotatable bonds is 5. The molecule has 0 radical (unpaired) electrons. The molecule has 1 aromatic heterocycles. The minimum absolute atomic E-state index is 0.398. The van der Waals surface area contributed by atoms with E-state index in [1.165, 1.54) is 30.4 Å². The molecule has 0 spiro atoms. The van der Waals surface area contributed by atoms with Crippen molar-refractivity contribution in [3.8, 4) is 0 Å². The van der Waals surface area contributed by atoms with Crippen LogP contribution in [-0.2, 0) is 6.42 Å². The molecule has 1 saturated carbocycles. The largest absolute Gasteiger partial charge is 0.472 e. The van der Waals surface area contributed by atoms with E-state index in [1.54, 1.807) is 11.8 Å². The Balaban J connectivity index is 1.89. The highest BCUT2D eigenvalue weighted by molar-refractivity contribution is 5.20.